The van der Waals surface area contributed by atoms with Crippen molar-refractivity contribution in [1.29, 1.82) is 0 Å². The fourth-order valence-corrected chi connectivity index (χ4v) is 2.46. The Morgan fingerprint density at radius 3 is 3.11 bits per heavy atom. The van der Waals surface area contributed by atoms with E-state index in [4.69, 9.17) is 0 Å². The molecule has 1 aromatic carbocycles. The first kappa shape index (κ1) is 13.1. The summed E-state index contributed by atoms with van der Waals surface area (Å²) in [5.74, 6) is 0.682. The maximum Gasteiger partial charge on any atom is 0.220 e. The predicted octanol–water partition coefficient (Wildman–Crippen LogP) is 2.00. The van der Waals surface area contributed by atoms with E-state index in [1.165, 1.54) is 24.0 Å². The van der Waals surface area contributed by atoms with E-state index in [0.717, 1.165) is 13.1 Å². The Kier molecular flexibility index (Phi) is 4.76. The summed E-state index contributed by atoms with van der Waals surface area (Å²) < 4.78 is 0. The van der Waals surface area contributed by atoms with Crippen molar-refractivity contribution in [2.75, 3.05) is 13.1 Å². The second-order valence-corrected chi connectivity index (χ2v) is 5.18. The number of benzene rings is 1. The van der Waals surface area contributed by atoms with Crippen molar-refractivity contribution in [2.45, 2.75) is 32.7 Å². The fraction of sp³-hybridized carbons (Fsp3) is 0.533. The molecular formula is C15H22N2O. The van der Waals surface area contributed by atoms with Crippen LogP contribution in [0.4, 0.5) is 0 Å². The maximum absolute atomic E-state index is 11.8. The third kappa shape index (κ3) is 4.15. The average Bonchev–Trinajstić information content (AvgIpc) is 2.38. The summed E-state index contributed by atoms with van der Waals surface area (Å²) in [4.78, 5) is 11.8. The third-order valence-corrected chi connectivity index (χ3v) is 3.45. The van der Waals surface area contributed by atoms with Gasteiger partial charge in [-0.25, -0.2) is 0 Å². The fourth-order valence-electron chi connectivity index (χ4n) is 2.46. The Morgan fingerprint density at radius 1 is 1.50 bits per heavy atom. The van der Waals surface area contributed by atoms with E-state index in [1.807, 2.05) is 6.07 Å². The van der Waals surface area contributed by atoms with Crippen molar-refractivity contribution < 1.29 is 4.79 Å². The lowest BCUT2D eigenvalue weighted by molar-refractivity contribution is -0.122. The summed E-state index contributed by atoms with van der Waals surface area (Å²) in [7, 11) is 0. The summed E-state index contributed by atoms with van der Waals surface area (Å²) in [5.41, 5.74) is 2.41. The highest BCUT2D eigenvalue weighted by Gasteiger charge is 2.16. The largest absolute Gasteiger partial charge is 0.352 e. The van der Waals surface area contributed by atoms with Gasteiger partial charge in [0.15, 0.2) is 0 Å². The molecule has 1 atom stereocenters. The minimum Gasteiger partial charge on any atom is -0.352 e. The first-order valence-corrected chi connectivity index (χ1v) is 6.77. The van der Waals surface area contributed by atoms with Crippen LogP contribution in [0.5, 0.6) is 0 Å². The van der Waals surface area contributed by atoms with Crippen LogP contribution in [0.15, 0.2) is 24.3 Å². The second kappa shape index (κ2) is 6.55. The van der Waals surface area contributed by atoms with Gasteiger partial charge in [-0.15, -0.1) is 0 Å². The first-order chi connectivity index (χ1) is 8.74. The molecule has 0 spiro atoms. The zero-order valence-corrected chi connectivity index (χ0v) is 11.0. The highest BCUT2D eigenvalue weighted by Crippen LogP contribution is 2.13. The molecule has 0 aromatic heterocycles. The van der Waals surface area contributed by atoms with Gasteiger partial charge in [-0.2, -0.15) is 0 Å². The van der Waals surface area contributed by atoms with Crippen LogP contribution in [-0.2, 0) is 11.3 Å². The topological polar surface area (TPSA) is 41.1 Å². The number of aryl methyl sites for hydroxylation is 1. The minimum absolute atomic E-state index is 0.171. The molecule has 1 fully saturated rings. The van der Waals surface area contributed by atoms with Crippen LogP contribution in [-0.4, -0.2) is 19.0 Å². The molecule has 98 valence electrons. The average molecular weight is 246 g/mol. The highest BCUT2D eigenvalue weighted by molar-refractivity contribution is 5.76. The van der Waals surface area contributed by atoms with Gasteiger partial charge in [0.2, 0.25) is 5.91 Å². The summed E-state index contributed by atoms with van der Waals surface area (Å²) in [6, 6.07) is 8.26. The SMILES string of the molecule is Cc1cccc(CNC(=O)CC2CCCNC2)c1. The van der Waals surface area contributed by atoms with Gasteiger partial charge in [-0.1, -0.05) is 29.8 Å². The Hall–Kier alpha value is -1.35. The van der Waals surface area contributed by atoms with Gasteiger partial charge in [0, 0.05) is 13.0 Å². The molecule has 0 bridgehead atoms. The minimum atomic E-state index is 0.171. The van der Waals surface area contributed by atoms with Crippen LogP contribution < -0.4 is 10.6 Å². The normalized spacial score (nSPS) is 19.5. The van der Waals surface area contributed by atoms with Gasteiger partial charge in [0.05, 0.1) is 0 Å². The quantitative estimate of drug-likeness (QED) is 0.853. The molecular weight excluding hydrogens is 224 g/mol. The molecule has 1 aromatic rings. The van der Waals surface area contributed by atoms with Crippen molar-refractivity contribution >= 4 is 5.91 Å². The number of hydrogen-bond donors (Lipinski definition) is 2. The van der Waals surface area contributed by atoms with Gasteiger partial charge in [0.1, 0.15) is 0 Å². The van der Waals surface area contributed by atoms with Gasteiger partial charge in [0.25, 0.3) is 0 Å². The number of carbonyl (C=O) groups is 1. The lowest BCUT2D eigenvalue weighted by Crippen LogP contribution is -2.34. The van der Waals surface area contributed by atoms with E-state index in [0.29, 0.717) is 18.9 Å². The van der Waals surface area contributed by atoms with Gasteiger partial charge < -0.3 is 10.6 Å². The summed E-state index contributed by atoms with van der Waals surface area (Å²) in [6.07, 6.45) is 3.01. The summed E-state index contributed by atoms with van der Waals surface area (Å²) >= 11 is 0. The summed E-state index contributed by atoms with van der Waals surface area (Å²) in [6.45, 7) is 4.79. The monoisotopic (exact) mass is 246 g/mol. The highest BCUT2D eigenvalue weighted by atomic mass is 16.1. The molecule has 2 N–H and O–H groups in total. The van der Waals surface area contributed by atoms with Crippen molar-refractivity contribution in [1.82, 2.24) is 10.6 Å². The third-order valence-electron chi connectivity index (χ3n) is 3.45. The number of piperidine rings is 1. The molecule has 0 radical (unpaired) electrons. The van der Waals surface area contributed by atoms with E-state index in [-0.39, 0.29) is 5.91 Å². The van der Waals surface area contributed by atoms with E-state index >= 15 is 0 Å². The Labute approximate surface area is 109 Å². The molecule has 1 heterocycles. The predicted molar refractivity (Wildman–Crippen MR) is 73.2 cm³/mol. The van der Waals surface area contributed by atoms with Gasteiger partial charge in [-0.3, -0.25) is 4.79 Å². The molecule has 3 nitrogen and oxygen atoms in total. The number of rotatable bonds is 4. The van der Waals surface area contributed by atoms with Crippen molar-refractivity contribution in [2.24, 2.45) is 5.92 Å². The molecule has 3 heteroatoms. The second-order valence-electron chi connectivity index (χ2n) is 5.18. The molecule has 0 aliphatic carbocycles. The number of carbonyl (C=O) groups excluding carboxylic acids is 1. The number of hydrogen-bond acceptors (Lipinski definition) is 2. The lowest BCUT2D eigenvalue weighted by atomic mass is 9.96. The lowest BCUT2D eigenvalue weighted by Gasteiger charge is -2.22. The first-order valence-electron chi connectivity index (χ1n) is 6.77. The van der Waals surface area contributed by atoms with Gasteiger partial charge >= 0.3 is 0 Å². The Bertz CT molecular complexity index is 397. The molecule has 1 unspecified atom stereocenters. The standard InChI is InChI=1S/C15H22N2O/c1-12-4-2-5-13(8-12)11-17-15(18)9-14-6-3-7-16-10-14/h2,4-5,8,14,16H,3,6-7,9-11H2,1H3,(H,17,18). The Balaban J connectivity index is 1.74. The van der Waals surface area contributed by atoms with Gasteiger partial charge in [-0.05, 0) is 44.3 Å². The zero-order valence-electron chi connectivity index (χ0n) is 11.0. The van der Waals surface area contributed by atoms with Crippen molar-refractivity contribution in [3.63, 3.8) is 0 Å². The maximum atomic E-state index is 11.8. The van der Waals surface area contributed by atoms with Crippen LogP contribution in [0, 0.1) is 12.8 Å². The molecule has 1 amide bonds. The number of nitrogens with one attached hydrogen (secondary N) is 2. The smallest absolute Gasteiger partial charge is 0.220 e. The van der Waals surface area contributed by atoms with Crippen LogP contribution in [0.1, 0.15) is 30.4 Å². The molecule has 18 heavy (non-hydrogen) atoms. The van der Waals surface area contributed by atoms with Crippen LogP contribution in [0.3, 0.4) is 0 Å². The van der Waals surface area contributed by atoms with Crippen LogP contribution in [0.2, 0.25) is 0 Å². The molecule has 0 saturated carbocycles. The van der Waals surface area contributed by atoms with E-state index in [2.05, 4.69) is 35.8 Å². The van der Waals surface area contributed by atoms with E-state index in [9.17, 15) is 4.79 Å². The van der Waals surface area contributed by atoms with Crippen LogP contribution in [0.25, 0.3) is 0 Å². The molecule has 1 aliphatic heterocycles. The van der Waals surface area contributed by atoms with E-state index < -0.39 is 0 Å². The van der Waals surface area contributed by atoms with Crippen molar-refractivity contribution in [3.05, 3.63) is 35.4 Å². The number of amides is 1. The Morgan fingerprint density at radius 2 is 2.39 bits per heavy atom. The summed E-state index contributed by atoms with van der Waals surface area (Å²) in [5, 5.41) is 6.35. The van der Waals surface area contributed by atoms with E-state index in [1.54, 1.807) is 0 Å². The zero-order chi connectivity index (χ0) is 12.8. The van der Waals surface area contributed by atoms with Crippen molar-refractivity contribution in [3.8, 4) is 0 Å². The molecule has 1 aliphatic rings. The van der Waals surface area contributed by atoms with Crippen LogP contribution >= 0.6 is 0 Å². The molecule has 1 saturated heterocycles. The molecule has 2 rings (SSSR count).